The standard InChI is InChI=1S/C18H16FN5O2/c1-25-16-5-3-4-13(17(16)26-2)15-10-14(11-6-8-12(19)9-7-11)20-18-21-22-23-24(15)18/h3-10,15H,1-2H3,(H,20,21,23)/t15-/m0/s1. The molecule has 0 spiro atoms. The minimum Gasteiger partial charge on any atom is -0.493 e. The molecule has 7 nitrogen and oxygen atoms in total. The van der Waals surface area contributed by atoms with Crippen molar-refractivity contribution in [2.24, 2.45) is 0 Å². The van der Waals surface area contributed by atoms with Crippen molar-refractivity contribution in [3.8, 4) is 11.5 Å². The van der Waals surface area contributed by atoms with Crippen molar-refractivity contribution in [2.75, 3.05) is 19.5 Å². The molecule has 132 valence electrons. The number of para-hydroxylation sites is 1. The predicted octanol–water partition coefficient (Wildman–Crippen LogP) is 2.89. The first-order valence-electron chi connectivity index (χ1n) is 7.95. The van der Waals surface area contributed by atoms with Crippen LogP contribution >= 0.6 is 0 Å². The number of allylic oxidation sites excluding steroid dienone is 1. The molecule has 1 aliphatic rings. The summed E-state index contributed by atoms with van der Waals surface area (Å²) in [7, 11) is 3.18. The highest BCUT2D eigenvalue weighted by Crippen LogP contribution is 2.40. The summed E-state index contributed by atoms with van der Waals surface area (Å²) in [4.78, 5) is 0. The van der Waals surface area contributed by atoms with Gasteiger partial charge in [0.1, 0.15) is 11.9 Å². The molecule has 1 atom stereocenters. The van der Waals surface area contributed by atoms with E-state index in [4.69, 9.17) is 9.47 Å². The molecule has 3 aromatic rings. The second-order valence-corrected chi connectivity index (χ2v) is 5.69. The number of anilines is 1. The molecule has 2 aromatic carbocycles. The van der Waals surface area contributed by atoms with Crippen molar-refractivity contribution in [2.45, 2.75) is 6.04 Å². The van der Waals surface area contributed by atoms with Gasteiger partial charge in [0.15, 0.2) is 11.5 Å². The monoisotopic (exact) mass is 353 g/mol. The fourth-order valence-electron chi connectivity index (χ4n) is 3.02. The van der Waals surface area contributed by atoms with Crippen LogP contribution in [0.3, 0.4) is 0 Å². The zero-order chi connectivity index (χ0) is 18.1. The number of rotatable bonds is 4. The van der Waals surface area contributed by atoms with Crippen molar-refractivity contribution in [1.29, 1.82) is 0 Å². The Balaban J connectivity index is 1.85. The van der Waals surface area contributed by atoms with Crippen molar-refractivity contribution in [3.63, 3.8) is 0 Å². The number of benzene rings is 2. The number of aromatic nitrogens is 4. The Morgan fingerprint density at radius 2 is 1.88 bits per heavy atom. The van der Waals surface area contributed by atoms with Gasteiger partial charge in [0.25, 0.3) is 0 Å². The molecule has 2 heterocycles. The SMILES string of the molecule is COc1cccc([C@@H]2C=C(c3ccc(F)cc3)Nc3nnnn32)c1OC. The van der Waals surface area contributed by atoms with E-state index in [-0.39, 0.29) is 11.9 Å². The normalized spacial score (nSPS) is 15.7. The van der Waals surface area contributed by atoms with Gasteiger partial charge >= 0.3 is 0 Å². The minimum atomic E-state index is -0.314. The summed E-state index contributed by atoms with van der Waals surface area (Å²) in [6, 6.07) is 11.6. The zero-order valence-electron chi connectivity index (χ0n) is 14.2. The van der Waals surface area contributed by atoms with E-state index in [2.05, 4.69) is 20.8 Å². The van der Waals surface area contributed by atoms with Crippen LogP contribution in [0, 0.1) is 5.82 Å². The summed E-state index contributed by atoms with van der Waals surface area (Å²) in [5.41, 5.74) is 2.45. The number of fused-ring (bicyclic) bond motifs is 1. The van der Waals surface area contributed by atoms with Gasteiger partial charge in [0, 0.05) is 11.3 Å². The van der Waals surface area contributed by atoms with E-state index in [0.717, 1.165) is 16.8 Å². The highest BCUT2D eigenvalue weighted by molar-refractivity contribution is 5.77. The third-order valence-electron chi connectivity index (χ3n) is 4.23. The number of tetrazole rings is 1. The molecule has 0 aliphatic carbocycles. The van der Waals surface area contributed by atoms with Crippen LogP contribution in [0.1, 0.15) is 17.2 Å². The summed E-state index contributed by atoms with van der Waals surface area (Å²) in [5.74, 6) is 1.43. The Morgan fingerprint density at radius 3 is 2.62 bits per heavy atom. The summed E-state index contributed by atoms with van der Waals surface area (Å²) in [6.07, 6.45) is 1.97. The Labute approximate surface area is 149 Å². The van der Waals surface area contributed by atoms with Gasteiger partial charge in [-0.2, -0.15) is 4.68 Å². The van der Waals surface area contributed by atoms with Gasteiger partial charge in [-0.15, -0.1) is 0 Å². The third kappa shape index (κ3) is 2.65. The molecule has 4 rings (SSSR count). The maximum Gasteiger partial charge on any atom is 0.248 e. The van der Waals surface area contributed by atoms with Crippen molar-refractivity contribution >= 4 is 11.6 Å². The van der Waals surface area contributed by atoms with Gasteiger partial charge in [-0.3, -0.25) is 0 Å². The van der Waals surface area contributed by atoms with Crippen LogP contribution in [0.25, 0.3) is 5.70 Å². The van der Waals surface area contributed by atoms with E-state index in [1.54, 1.807) is 31.0 Å². The average molecular weight is 353 g/mol. The van der Waals surface area contributed by atoms with Crippen molar-refractivity contribution in [1.82, 2.24) is 20.2 Å². The summed E-state index contributed by atoms with van der Waals surface area (Å²) < 4.78 is 25.9. The largest absolute Gasteiger partial charge is 0.493 e. The average Bonchev–Trinajstić information content (AvgIpc) is 3.15. The Morgan fingerprint density at radius 1 is 1.08 bits per heavy atom. The van der Waals surface area contributed by atoms with Crippen LogP contribution in [0.5, 0.6) is 11.5 Å². The summed E-state index contributed by atoms with van der Waals surface area (Å²) in [5, 5.41) is 15.0. The topological polar surface area (TPSA) is 74.1 Å². The fraction of sp³-hybridized carbons (Fsp3) is 0.167. The highest BCUT2D eigenvalue weighted by atomic mass is 19.1. The molecule has 26 heavy (non-hydrogen) atoms. The van der Waals surface area contributed by atoms with Crippen LogP contribution in [-0.4, -0.2) is 34.4 Å². The maximum atomic E-state index is 13.3. The smallest absolute Gasteiger partial charge is 0.248 e. The molecule has 0 unspecified atom stereocenters. The van der Waals surface area contributed by atoms with Gasteiger partial charge in [-0.1, -0.05) is 17.2 Å². The zero-order valence-corrected chi connectivity index (χ0v) is 14.2. The number of nitrogens with one attached hydrogen (secondary N) is 1. The molecule has 1 aliphatic heterocycles. The lowest BCUT2D eigenvalue weighted by Crippen LogP contribution is -2.21. The molecule has 0 amide bonds. The molecule has 0 radical (unpaired) electrons. The van der Waals surface area contributed by atoms with Crippen LogP contribution in [0.4, 0.5) is 10.3 Å². The maximum absolute atomic E-state index is 13.3. The van der Waals surface area contributed by atoms with Crippen LogP contribution in [0.2, 0.25) is 0 Å². The second kappa shape index (κ2) is 6.47. The Kier molecular flexibility index (Phi) is 4.00. The first-order chi connectivity index (χ1) is 12.7. The number of ether oxygens (including phenoxy) is 2. The van der Waals surface area contributed by atoms with Crippen LogP contribution in [-0.2, 0) is 0 Å². The number of halogens is 1. The molecule has 0 saturated carbocycles. The molecule has 0 fully saturated rings. The number of hydrogen-bond acceptors (Lipinski definition) is 6. The van der Waals surface area contributed by atoms with Gasteiger partial charge in [0.05, 0.1) is 14.2 Å². The predicted molar refractivity (Wildman–Crippen MR) is 93.5 cm³/mol. The lowest BCUT2D eigenvalue weighted by atomic mass is 10.0. The van der Waals surface area contributed by atoms with Gasteiger partial charge in [0.2, 0.25) is 5.95 Å². The van der Waals surface area contributed by atoms with Crippen LogP contribution < -0.4 is 14.8 Å². The van der Waals surface area contributed by atoms with E-state index >= 15 is 0 Å². The lowest BCUT2D eigenvalue weighted by molar-refractivity contribution is 0.348. The summed E-state index contributed by atoms with van der Waals surface area (Å²) in [6.45, 7) is 0. The van der Waals surface area contributed by atoms with Crippen LogP contribution in [0.15, 0.2) is 48.5 Å². The quantitative estimate of drug-likeness (QED) is 0.777. The number of hydrogen-bond donors (Lipinski definition) is 1. The molecule has 0 saturated heterocycles. The molecule has 8 heteroatoms. The molecule has 1 N–H and O–H groups in total. The van der Waals surface area contributed by atoms with E-state index in [1.165, 1.54) is 12.1 Å². The third-order valence-corrected chi connectivity index (χ3v) is 4.23. The van der Waals surface area contributed by atoms with Gasteiger partial charge < -0.3 is 14.8 Å². The minimum absolute atomic E-state index is 0.291. The van der Waals surface area contributed by atoms with E-state index < -0.39 is 0 Å². The van der Waals surface area contributed by atoms with E-state index in [9.17, 15) is 4.39 Å². The van der Waals surface area contributed by atoms with Crippen molar-refractivity contribution in [3.05, 3.63) is 65.5 Å². The van der Waals surface area contributed by atoms with Crippen molar-refractivity contribution < 1.29 is 13.9 Å². The fourth-order valence-corrected chi connectivity index (χ4v) is 3.02. The van der Waals surface area contributed by atoms with Gasteiger partial charge in [-0.05, 0) is 52.4 Å². The van der Waals surface area contributed by atoms with E-state index in [0.29, 0.717) is 17.4 Å². The molecule has 0 bridgehead atoms. The second-order valence-electron chi connectivity index (χ2n) is 5.69. The molecular weight excluding hydrogens is 337 g/mol. The Hall–Kier alpha value is -3.42. The highest BCUT2D eigenvalue weighted by Gasteiger charge is 2.27. The number of methoxy groups -OCH3 is 2. The first-order valence-corrected chi connectivity index (χ1v) is 7.95. The lowest BCUT2D eigenvalue weighted by Gasteiger charge is -2.25. The summed E-state index contributed by atoms with van der Waals surface area (Å²) >= 11 is 0. The van der Waals surface area contributed by atoms with E-state index in [1.807, 2.05) is 24.3 Å². The number of nitrogens with zero attached hydrogens (tertiary/aromatic N) is 4. The Bertz CT molecular complexity index is 968. The molecule has 1 aromatic heterocycles. The van der Waals surface area contributed by atoms with Gasteiger partial charge in [-0.25, -0.2) is 4.39 Å². The first kappa shape index (κ1) is 16.1. The molecular formula is C18H16FN5O2.